The predicted octanol–water partition coefficient (Wildman–Crippen LogP) is 2.27. The summed E-state index contributed by atoms with van der Waals surface area (Å²) in [5.74, 6) is -0.993. The topological polar surface area (TPSA) is 64.4 Å². The first kappa shape index (κ1) is 13.0. The second-order valence-electron chi connectivity index (χ2n) is 3.94. The Morgan fingerprint density at radius 2 is 1.95 bits per heavy atom. The van der Waals surface area contributed by atoms with E-state index in [9.17, 15) is 9.18 Å². The fraction of sp³-hybridized carbons (Fsp3) is 0.0714. The summed E-state index contributed by atoms with van der Waals surface area (Å²) in [5, 5.41) is 0. The molecule has 0 saturated heterocycles. The number of hydrogen-bond acceptors (Lipinski definition) is 3. The second-order valence-corrected chi connectivity index (χ2v) is 3.94. The molecule has 0 radical (unpaired) electrons. The summed E-state index contributed by atoms with van der Waals surface area (Å²) in [5.41, 5.74) is 8.99. The molecule has 0 atom stereocenters. The number of halogens is 1. The smallest absolute Gasteiger partial charge is 0.276 e. The minimum atomic E-state index is -0.506. The summed E-state index contributed by atoms with van der Waals surface area (Å²) >= 11 is 0. The van der Waals surface area contributed by atoms with Crippen molar-refractivity contribution in [1.29, 1.82) is 0 Å². The first-order valence-corrected chi connectivity index (χ1v) is 5.68. The lowest BCUT2D eigenvalue weighted by atomic mass is 10.1. The first-order chi connectivity index (χ1) is 9.16. The second kappa shape index (κ2) is 5.97. The van der Waals surface area contributed by atoms with E-state index in [4.69, 9.17) is 10.6 Å². The molecule has 1 amide bonds. The van der Waals surface area contributed by atoms with Crippen molar-refractivity contribution >= 4 is 11.6 Å². The van der Waals surface area contributed by atoms with Crippen molar-refractivity contribution in [3.8, 4) is 0 Å². The Labute approximate surface area is 110 Å². The van der Waals surface area contributed by atoms with Gasteiger partial charge in [0.05, 0.1) is 12.2 Å². The van der Waals surface area contributed by atoms with Crippen molar-refractivity contribution in [2.24, 2.45) is 0 Å². The standard InChI is InChI=1S/C14H13FN2O2/c15-11-6-7-12(13(16)8-11)14(18)17-19-9-10-4-2-1-3-5-10/h1-8H,9,16H2,(H,17,18). The van der Waals surface area contributed by atoms with Gasteiger partial charge in [0.1, 0.15) is 5.82 Å². The van der Waals surface area contributed by atoms with E-state index in [1.807, 2.05) is 30.3 Å². The molecule has 0 saturated carbocycles. The van der Waals surface area contributed by atoms with Gasteiger partial charge in [-0.1, -0.05) is 30.3 Å². The fourth-order valence-electron chi connectivity index (χ4n) is 1.55. The van der Waals surface area contributed by atoms with Crippen molar-refractivity contribution in [2.75, 3.05) is 5.73 Å². The molecule has 0 unspecified atom stereocenters. The molecule has 19 heavy (non-hydrogen) atoms. The van der Waals surface area contributed by atoms with Crippen molar-refractivity contribution in [3.63, 3.8) is 0 Å². The van der Waals surface area contributed by atoms with Crippen LogP contribution in [-0.4, -0.2) is 5.91 Å². The predicted molar refractivity (Wildman–Crippen MR) is 69.5 cm³/mol. The van der Waals surface area contributed by atoms with Crippen LogP contribution >= 0.6 is 0 Å². The van der Waals surface area contributed by atoms with Crippen LogP contribution in [0.25, 0.3) is 0 Å². The van der Waals surface area contributed by atoms with Crippen LogP contribution in [0.15, 0.2) is 48.5 Å². The molecular weight excluding hydrogens is 247 g/mol. The van der Waals surface area contributed by atoms with Crippen LogP contribution < -0.4 is 11.2 Å². The number of amides is 1. The highest BCUT2D eigenvalue weighted by Crippen LogP contribution is 2.13. The maximum absolute atomic E-state index is 12.8. The molecule has 0 bridgehead atoms. The van der Waals surface area contributed by atoms with E-state index >= 15 is 0 Å². The van der Waals surface area contributed by atoms with Gasteiger partial charge in [0.25, 0.3) is 5.91 Å². The van der Waals surface area contributed by atoms with Gasteiger partial charge in [0.2, 0.25) is 0 Å². The van der Waals surface area contributed by atoms with Crippen LogP contribution in [0.3, 0.4) is 0 Å². The number of anilines is 1. The molecule has 3 N–H and O–H groups in total. The third kappa shape index (κ3) is 3.53. The minimum Gasteiger partial charge on any atom is -0.398 e. The van der Waals surface area contributed by atoms with E-state index < -0.39 is 11.7 Å². The van der Waals surface area contributed by atoms with E-state index in [0.717, 1.165) is 11.6 Å². The minimum absolute atomic E-state index is 0.0702. The van der Waals surface area contributed by atoms with Crippen LogP contribution in [0, 0.1) is 5.82 Å². The SMILES string of the molecule is Nc1cc(F)ccc1C(=O)NOCc1ccccc1. The molecule has 0 aliphatic rings. The van der Waals surface area contributed by atoms with Gasteiger partial charge in [-0.3, -0.25) is 9.63 Å². The summed E-state index contributed by atoms with van der Waals surface area (Å²) < 4.78 is 12.8. The van der Waals surface area contributed by atoms with Gasteiger partial charge in [0, 0.05) is 5.69 Å². The van der Waals surface area contributed by atoms with Gasteiger partial charge in [0.15, 0.2) is 0 Å². The molecule has 98 valence electrons. The molecule has 0 aliphatic heterocycles. The van der Waals surface area contributed by atoms with Gasteiger partial charge < -0.3 is 5.73 Å². The summed E-state index contributed by atoms with van der Waals surface area (Å²) in [7, 11) is 0. The van der Waals surface area contributed by atoms with Crippen LogP contribution in [0.5, 0.6) is 0 Å². The number of nitrogens with two attached hydrogens (primary N) is 1. The van der Waals surface area contributed by atoms with Gasteiger partial charge in [-0.25, -0.2) is 9.87 Å². The molecule has 0 aliphatic carbocycles. The highest BCUT2D eigenvalue weighted by molar-refractivity contribution is 5.98. The highest BCUT2D eigenvalue weighted by atomic mass is 19.1. The number of nitrogen functional groups attached to an aromatic ring is 1. The van der Waals surface area contributed by atoms with Crippen LogP contribution in [0.2, 0.25) is 0 Å². The van der Waals surface area contributed by atoms with Crippen molar-refractivity contribution in [2.45, 2.75) is 6.61 Å². The largest absolute Gasteiger partial charge is 0.398 e. The Morgan fingerprint density at radius 1 is 1.21 bits per heavy atom. The lowest BCUT2D eigenvalue weighted by Gasteiger charge is -2.07. The maximum Gasteiger partial charge on any atom is 0.276 e. The molecule has 4 nitrogen and oxygen atoms in total. The number of benzene rings is 2. The zero-order valence-corrected chi connectivity index (χ0v) is 10.1. The number of nitrogens with one attached hydrogen (secondary N) is 1. The van der Waals surface area contributed by atoms with Gasteiger partial charge in [-0.2, -0.15) is 0 Å². The Morgan fingerprint density at radius 3 is 2.63 bits per heavy atom. The Balaban J connectivity index is 1.91. The Hall–Kier alpha value is -2.40. The lowest BCUT2D eigenvalue weighted by Crippen LogP contribution is -2.24. The van der Waals surface area contributed by atoms with Crippen molar-refractivity contribution in [1.82, 2.24) is 5.48 Å². The van der Waals surface area contributed by atoms with E-state index in [1.165, 1.54) is 12.1 Å². The lowest BCUT2D eigenvalue weighted by molar-refractivity contribution is 0.0234. The van der Waals surface area contributed by atoms with Crippen LogP contribution in [-0.2, 0) is 11.4 Å². The zero-order valence-electron chi connectivity index (χ0n) is 10.1. The van der Waals surface area contributed by atoms with E-state index in [0.29, 0.717) is 0 Å². The highest BCUT2D eigenvalue weighted by Gasteiger charge is 2.10. The number of carbonyl (C=O) groups excluding carboxylic acids is 1. The fourth-order valence-corrected chi connectivity index (χ4v) is 1.55. The molecule has 5 heteroatoms. The van der Waals surface area contributed by atoms with Crippen LogP contribution in [0.1, 0.15) is 15.9 Å². The summed E-state index contributed by atoms with van der Waals surface area (Å²) in [4.78, 5) is 16.8. The molecule has 2 aromatic rings. The average molecular weight is 260 g/mol. The zero-order chi connectivity index (χ0) is 13.7. The Kier molecular flexibility index (Phi) is 4.10. The van der Waals surface area contributed by atoms with Gasteiger partial charge in [-0.15, -0.1) is 0 Å². The number of rotatable bonds is 4. The molecule has 0 spiro atoms. The molecule has 2 aromatic carbocycles. The third-order valence-corrected chi connectivity index (χ3v) is 2.50. The van der Waals surface area contributed by atoms with Gasteiger partial charge in [-0.05, 0) is 23.8 Å². The normalized spacial score (nSPS) is 10.2. The van der Waals surface area contributed by atoms with E-state index in [1.54, 1.807) is 0 Å². The van der Waals surface area contributed by atoms with Gasteiger partial charge >= 0.3 is 0 Å². The summed E-state index contributed by atoms with van der Waals surface area (Å²) in [6.45, 7) is 0.244. The summed E-state index contributed by atoms with van der Waals surface area (Å²) in [6, 6.07) is 13.0. The third-order valence-electron chi connectivity index (χ3n) is 2.50. The molecule has 0 fully saturated rings. The molecular formula is C14H13FN2O2. The maximum atomic E-state index is 12.8. The quantitative estimate of drug-likeness (QED) is 0.654. The first-order valence-electron chi connectivity index (χ1n) is 5.68. The molecule has 2 rings (SSSR count). The molecule has 0 heterocycles. The average Bonchev–Trinajstić information content (AvgIpc) is 2.39. The van der Waals surface area contributed by atoms with E-state index in [2.05, 4.69) is 5.48 Å². The van der Waals surface area contributed by atoms with Crippen molar-refractivity contribution < 1.29 is 14.0 Å². The summed E-state index contributed by atoms with van der Waals surface area (Å²) in [6.07, 6.45) is 0. The molecule has 0 aromatic heterocycles. The van der Waals surface area contributed by atoms with Crippen molar-refractivity contribution in [3.05, 3.63) is 65.5 Å². The van der Waals surface area contributed by atoms with Crippen LogP contribution in [0.4, 0.5) is 10.1 Å². The monoisotopic (exact) mass is 260 g/mol. The Bertz CT molecular complexity index is 573. The number of hydroxylamine groups is 1. The number of carbonyl (C=O) groups is 1. The number of hydrogen-bond donors (Lipinski definition) is 2. The van der Waals surface area contributed by atoms with E-state index in [-0.39, 0.29) is 17.9 Å².